The summed E-state index contributed by atoms with van der Waals surface area (Å²) in [6.45, 7) is 15.5. The highest BCUT2D eigenvalue weighted by Gasteiger charge is 2.29. The van der Waals surface area contributed by atoms with Crippen molar-refractivity contribution in [2.45, 2.75) is 60.5 Å². The Kier molecular flexibility index (Phi) is 5.39. The number of nitrogens with one attached hydrogen (secondary N) is 1. The summed E-state index contributed by atoms with van der Waals surface area (Å²) < 4.78 is 2.01. The summed E-state index contributed by atoms with van der Waals surface area (Å²) in [6.07, 6.45) is 5.28. The van der Waals surface area contributed by atoms with Crippen LogP contribution in [0.15, 0.2) is 12.4 Å². The van der Waals surface area contributed by atoms with Crippen molar-refractivity contribution in [3.8, 4) is 0 Å². The van der Waals surface area contributed by atoms with Gasteiger partial charge in [0, 0.05) is 25.3 Å². The smallest absolute Gasteiger partial charge is 0.0521 e. The highest BCUT2D eigenvalue weighted by molar-refractivity contribution is 5.08. The van der Waals surface area contributed by atoms with Gasteiger partial charge in [-0.15, -0.1) is 0 Å². The minimum absolute atomic E-state index is 0.284. The summed E-state index contributed by atoms with van der Waals surface area (Å²) in [4.78, 5) is 0. The van der Waals surface area contributed by atoms with Gasteiger partial charge in [0.15, 0.2) is 0 Å². The molecular formula is C15H29N3. The second kappa shape index (κ2) is 6.37. The van der Waals surface area contributed by atoms with Gasteiger partial charge in [-0.2, -0.15) is 5.10 Å². The van der Waals surface area contributed by atoms with E-state index >= 15 is 0 Å². The number of nitrogens with zero attached hydrogens (tertiary/aromatic N) is 2. The minimum Gasteiger partial charge on any atom is -0.314 e. The molecule has 3 nitrogen and oxygen atoms in total. The fraction of sp³-hybridized carbons (Fsp3) is 0.800. The van der Waals surface area contributed by atoms with Crippen LogP contribution in [0, 0.1) is 11.3 Å². The number of rotatable bonds is 7. The van der Waals surface area contributed by atoms with Gasteiger partial charge in [0.25, 0.3) is 0 Å². The van der Waals surface area contributed by atoms with Gasteiger partial charge in [-0.3, -0.25) is 4.68 Å². The zero-order valence-electron chi connectivity index (χ0n) is 12.8. The first-order valence-electron chi connectivity index (χ1n) is 7.12. The molecule has 1 heterocycles. The van der Waals surface area contributed by atoms with Crippen LogP contribution in [0.4, 0.5) is 0 Å². The second-order valence-electron chi connectivity index (χ2n) is 6.23. The molecule has 1 unspecified atom stereocenters. The molecule has 0 saturated carbocycles. The zero-order valence-corrected chi connectivity index (χ0v) is 12.8. The molecule has 0 aliphatic heterocycles. The average molecular weight is 251 g/mol. The molecular weight excluding hydrogens is 222 g/mol. The van der Waals surface area contributed by atoms with Crippen molar-refractivity contribution >= 4 is 0 Å². The number of aryl methyl sites for hydroxylation is 1. The van der Waals surface area contributed by atoms with Gasteiger partial charge >= 0.3 is 0 Å². The third kappa shape index (κ3) is 4.13. The molecule has 0 bridgehead atoms. The van der Waals surface area contributed by atoms with Crippen LogP contribution >= 0.6 is 0 Å². The van der Waals surface area contributed by atoms with Crippen LogP contribution in [0.25, 0.3) is 0 Å². The Bertz CT molecular complexity index is 354. The van der Waals surface area contributed by atoms with Crippen LogP contribution in [0.2, 0.25) is 0 Å². The molecule has 104 valence electrons. The lowest BCUT2D eigenvalue weighted by Gasteiger charge is -2.34. The Balaban J connectivity index is 2.72. The van der Waals surface area contributed by atoms with Crippen molar-refractivity contribution in [3.63, 3.8) is 0 Å². The van der Waals surface area contributed by atoms with Gasteiger partial charge in [-0.05, 0) is 30.2 Å². The number of hydrogen-bond donors (Lipinski definition) is 1. The Labute approximate surface area is 112 Å². The predicted molar refractivity (Wildman–Crippen MR) is 77.7 cm³/mol. The molecule has 3 heteroatoms. The summed E-state index contributed by atoms with van der Waals surface area (Å²) >= 11 is 0. The highest BCUT2D eigenvalue weighted by Crippen LogP contribution is 2.30. The van der Waals surface area contributed by atoms with Crippen molar-refractivity contribution in [3.05, 3.63) is 18.0 Å². The molecule has 0 saturated heterocycles. The van der Waals surface area contributed by atoms with Crippen LogP contribution in [0.1, 0.15) is 47.1 Å². The molecule has 1 atom stereocenters. The molecule has 0 fully saturated rings. The van der Waals surface area contributed by atoms with E-state index in [9.17, 15) is 0 Å². The van der Waals surface area contributed by atoms with E-state index in [1.807, 2.05) is 10.9 Å². The van der Waals surface area contributed by atoms with E-state index in [0.717, 1.165) is 19.5 Å². The van der Waals surface area contributed by atoms with E-state index in [1.54, 1.807) is 0 Å². The SMILES string of the molecule is CCn1cc(CC(C)(CNC(C)C)C(C)C)cn1. The van der Waals surface area contributed by atoms with Crippen molar-refractivity contribution in [1.29, 1.82) is 0 Å². The topological polar surface area (TPSA) is 29.9 Å². The summed E-state index contributed by atoms with van der Waals surface area (Å²) in [5, 5.41) is 7.95. The lowest BCUT2D eigenvalue weighted by Crippen LogP contribution is -2.40. The largest absolute Gasteiger partial charge is 0.314 e. The van der Waals surface area contributed by atoms with Crippen molar-refractivity contribution in [2.75, 3.05) is 6.54 Å². The first-order valence-corrected chi connectivity index (χ1v) is 7.12. The molecule has 1 N–H and O–H groups in total. The van der Waals surface area contributed by atoms with E-state index in [1.165, 1.54) is 5.56 Å². The van der Waals surface area contributed by atoms with Crippen LogP contribution in [-0.4, -0.2) is 22.4 Å². The van der Waals surface area contributed by atoms with Gasteiger partial charge in [0.05, 0.1) is 6.20 Å². The maximum atomic E-state index is 4.37. The van der Waals surface area contributed by atoms with Crippen LogP contribution in [0.3, 0.4) is 0 Å². The maximum absolute atomic E-state index is 4.37. The number of aromatic nitrogens is 2. The first-order chi connectivity index (χ1) is 8.37. The highest BCUT2D eigenvalue weighted by atomic mass is 15.3. The minimum atomic E-state index is 0.284. The standard InChI is InChI=1S/C15H29N3/c1-7-18-10-14(9-17-18)8-15(6,12(2)3)11-16-13(4)5/h9-10,12-13,16H,7-8,11H2,1-6H3. The zero-order chi connectivity index (χ0) is 13.8. The molecule has 1 rings (SSSR count). The fourth-order valence-corrected chi connectivity index (χ4v) is 2.04. The third-order valence-corrected chi connectivity index (χ3v) is 3.93. The normalized spacial score (nSPS) is 15.3. The Morgan fingerprint density at radius 2 is 2.00 bits per heavy atom. The average Bonchev–Trinajstić information content (AvgIpc) is 2.73. The molecule has 1 aromatic heterocycles. The summed E-state index contributed by atoms with van der Waals surface area (Å²) in [5.41, 5.74) is 1.63. The molecule has 0 aliphatic carbocycles. The van der Waals surface area contributed by atoms with E-state index in [2.05, 4.69) is 58.2 Å². The predicted octanol–water partition coefficient (Wildman–Crippen LogP) is 3.11. The lowest BCUT2D eigenvalue weighted by atomic mass is 9.74. The van der Waals surface area contributed by atoms with Gasteiger partial charge < -0.3 is 5.32 Å². The maximum Gasteiger partial charge on any atom is 0.0521 e. The summed E-state index contributed by atoms with van der Waals surface area (Å²) in [7, 11) is 0. The number of hydrogen-bond acceptors (Lipinski definition) is 2. The molecule has 1 aromatic rings. The van der Waals surface area contributed by atoms with E-state index in [4.69, 9.17) is 0 Å². The van der Waals surface area contributed by atoms with Gasteiger partial charge in [0.1, 0.15) is 0 Å². The summed E-state index contributed by atoms with van der Waals surface area (Å²) in [5.74, 6) is 0.647. The van der Waals surface area contributed by atoms with Crippen LogP contribution in [-0.2, 0) is 13.0 Å². The first kappa shape index (κ1) is 15.2. The Hall–Kier alpha value is -0.830. The van der Waals surface area contributed by atoms with Crippen molar-refractivity contribution in [1.82, 2.24) is 15.1 Å². The van der Waals surface area contributed by atoms with Gasteiger partial charge in [-0.1, -0.05) is 34.6 Å². The van der Waals surface area contributed by atoms with E-state index in [0.29, 0.717) is 12.0 Å². The van der Waals surface area contributed by atoms with Gasteiger partial charge in [0.2, 0.25) is 0 Å². The van der Waals surface area contributed by atoms with E-state index in [-0.39, 0.29) is 5.41 Å². The van der Waals surface area contributed by atoms with Crippen LogP contribution < -0.4 is 5.32 Å². The van der Waals surface area contributed by atoms with Crippen molar-refractivity contribution < 1.29 is 0 Å². The third-order valence-electron chi connectivity index (χ3n) is 3.93. The van der Waals surface area contributed by atoms with E-state index < -0.39 is 0 Å². The van der Waals surface area contributed by atoms with Crippen molar-refractivity contribution in [2.24, 2.45) is 11.3 Å². The molecule has 0 spiro atoms. The molecule has 0 aliphatic rings. The Morgan fingerprint density at radius 1 is 1.33 bits per heavy atom. The summed E-state index contributed by atoms with van der Waals surface area (Å²) in [6, 6.07) is 0.543. The Morgan fingerprint density at radius 3 is 2.44 bits per heavy atom. The molecule has 0 amide bonds. The fourth-order valence-electron chi connectivity index (χ4n) is 2.04. The lowest BCUT2D eigenvalue weighted by molar-refractivity contribution is 0.202. The monoisotopic (exact) mass is 251 g/mol. The molecule has 18 heavy (non-hydrogen) atoms. The molecule has 0 radical (unpaired) electrons. The molecule has 0 aromatic carbocycles. The quantitative estimate of drug-likeness (QED) is 0.807. The van der Waals surface area contributed by atoms with Crippen LogP contribution in [0.5, 0.6) is 0 Å². The van der Waals surface area contributed by atoms with Gasteiger partial charge in [-0.25, -0.2) is 0 Å². The second-order valence-corrected chi connectivity index (χ2v) is 6.23.